The Bertz CT molecular complexity index is 535. The van der Waals surface area contributed by atoms with Crippen LogP contribution in [0.4, 0.5) is 0 Å². The Morgan fingerprint density at radius 3 is 2.48 bits per heavy atom. The molecule has 0 spiro atoms. The van der Waals surface area contributed by atoms with Crippen LogP contribution < -0.4 is 0 Å². The van der Waals surface area contributed by atoms with Crippen molar-refractivity contribution in [3.63, 3.8) is 0 Å². The lowest BCUT2D eigenvalue weighted by molar-refractivity contribution is -0.147. The predicted octanol–water partition coefficient (Wildman–Crippen LogP) is 2.84. The van der Waals surface area contributed by atoms with Crippen molar-refractivity contribution in [1.82, 2.24) is 0 Å². The number of hydrogen-bond acceptors (Lipinski definition) is 4. The van der Waals surface area contributed by atoms with E-state index in [0.717, 1.165) is 5.56 Å². The molecular formula is C17H20O4. The van der Waals surface area contributed by atoms with Gasteiger partial charge in [0.2, 0.25) is 0 Å². The summed E-state index contributed by atoms with van der Waals surface area (Å²) in [7, 11) is 0. The molecule has 0 bridgehead atoms. The average molecular weight is 288 g/mol. The maximum atomic E-state index is 12.3. The summed E-state index contributed by atoms with van der Waals surface area (Å²) in [6, 6.07) is 9.80. The molecule has 0 aromatic heterocycles. The quantitative estimate of drug-likeness (QED) is 0.596. The minimum Gasteiger partial charge on any atom is -0.465 e. The highest BCUT2D eigenvalue weighted by Gasteiger charge is 2.60. The molecule has 2 atom stereocenters. The standard InChI is InChI=1S/C17H20O4/c1-3-20-15(18)10-11-17(16(19)21-4-2)12-14(17)13-8-6-5-7-9-13/h5-11,14H,3-4,12H2,1-2H3/b11-10+. The molecule has 4 nitrogen and oxygen atoms in total. The molecule has 1 aromatic rings. The number of benzene rings is 1. The van der Waals surface area contributed by atoms with E-state index < -0.39 is 11.4 Å². The van der Waals surface area contributed by atoms with Gasteiger partial charge in [-0.1, -0.05) is 36.4 Å². The van der Waals surface area contributed by atoms with Crippen molar-refractivity contribution < 1.29 is 19.1 Å². The maximum Gasteiger partial charge on any atom is 0.330 e. The zero-order valence-corrected chi connectivity index (χ0v) is 12.4. The van der Waals surface area contributed by atoms with Gasteiger partial charge >= 0.3 is 11.9 Å². The minimum absolute atomic E-state index is 0.0587. The lowest BCUT2D eigenvalue weighted by Gasteiger charge is -2.12. The number of carbonyl (C=O) groups excluding carboxylic acids is 2. The van der Waals surface area contributed by atoms with E-state index in [2.05, 4.69) is 0 Å². The van der Waals surface area contributed by atoms with Crippen LogP contribution in [0.25, 0.3) is 0 Å². The smallest absolute Gasteiger partial charge is 0.330 e. The van der Waals surface area contributed by atoms with E-state index in [-0.39, 0.29) is 11.9 Å². The van der Waals surface area contributed by atoms with Gasteiger partial charge in [-0.15, -0.1) is 0 Å². The van der Waals surface area contributed by atoms with Crippen LogP contribution in [0.15, 0.2) is 42.5 Å². The Kier molecular flexibility index (Phi) is 4.78. The van der Waals surface area contributed by atoms with E-state index in [4.69, 9.17) is 9.47 Å². The number of carbonyl (C=O) groups is 2. The molecule has 2 rings (SSSR count). The third kappa shape index (κ3) is 3.32. The fourth-order valence-electron chi connectivity index (χ4n) is 2.53. The lowest BCUT2D eigenvalue weighted by Crippen LogP contribution is -2.19. The summed E-state index contributed by atoms with van der Waals surface area (Å²) in [6.45, 7) is 4.17. The van der Waals surface area contributed by atoms with Gasteiger partial charge in [-0.05, 0) is 25.8 Å². The van der Waals surface area contributed by atoms with Crippen molar-refractivity contribution in [2.75, 3.05) is 13.2 Å². The summed E-state index contributed by atoms with van der Waals surface area (Å²) in [6.07, 6.45) is 3.63. The Labute approximate surface area is 124 Å². The van der Waals surface area contributed by atoms with Gasteiger partial charge in [0.25, 0.3) is 0 Å². The van der Waals surface area contributed by atoms with E-state index in [0.29, 0.717) is 19.6 Å². The van der Waals surface area contributed by atoms with Gasteiger partial charge in [0.1, 0.15) is 0 Å². The Morgan fingerprint density at radius 1 is 1.19 bits per heavy atom. The molecule has 1 aromatic carbocycles. The molecule has 1 saturated carbocycles. The molecule has 2 unspecified atom stereocenters. The SMILES string of the molecule is CCOC(=O)/C=C/C1(C(=O)OCC)CC1c1ccccc1. The number of esters is 2. The lowest BCUT2D eigenvalue weighted by atomic mass is 9.98. The fourth-order valence-corrected chi connectivity index (χ4v) is 2.53. The summed E-state index contributed by atoms with van der Waals surface area (Å²) >= 11 is 0. The second-order valence-electron chi connectivity index (χ2n) is 5.01. The molecule has 0 saturated heterocycles. The molecule has 1 aliphatic rings. The third-order valence-corrected chi connectivity index (χ3v) is 3.66. The van der Waals surface area contributed by atoms with Gasteiger partial charge in [-0.2, -0.15) is 0 Å². The topological polar surface area (TPSA) is 52.6 Å². The van der Waals surface area contributed by atoms with Gasteiger partial charge in [0.05, 0.1) is 18.6 Å². The molecule has 112 valence electrons. The van der Waals surface area contributed by atoms with Gasteiger partial charge in [-0.25, -0.2) is 4.79 Å². The molecule has 21 heavy (non-hydrogen) atoms. The average Bonchev–Trinajstić information content (AvgIpc) is 3.23. The second-order valence-corrected chi connectivity index (χ2v) is 5.01. The fraction of sp³-hybridized carbons (Fsp3) is 0.412. The molecule has 4 heteroatoms. The van der Waals surface area contributed by atoms with Crippen molar-refractivity contribution in [2.45, 2.75) is 26.2 Å². The summed E-state index contributed by atoms with van der Waals surface area (Å²) < 4.78 is 10.0. The number of rotatable bonds is 6. The van der Waals surface area contributed by atoms with Gasteiger partial charge in [-0.3, -0.25) is 4.79 Å². The van der Waals surface area contributed by atoms with Crippen molar-refractivity contribution in [2.24, 2.45) is 5.41 Å². The van der Waals surface area contributed by atoms with E-state index >= 15 is 0 Å². The first-order valence-electron chi connectivity index (χ1n) is 7.22. The van der Waals surface area contributed by atoms with Crippen LogP contribution in [-0.2, 0) is 19.1 Å². The van der Waals surface area contributed by atoms with Gasteiger partial charge < -0.3 is 9.47 Å². The Balaban J connectivity index is 2.19. The highest BCUT2D eigenvalue weighted by molar-refractivity contribution is 5.88. The number of hydrogen-bond donors (Lipinski definition) is 0. The van der Waals surface area contributed by atoms with Crippen LogP contribution in [0, 0.1) is 5.41 Å². The molecule has 1 fully saturated rings. The largest absolute Gasteiger partial charge is 0.465 e. The van der Waals surface area contributed by atoms with Crippen molar-refractivity contribution in [3.05, 3.63) is 48.0 Å². The predicted molar refractivity (Wildman–Crippen MR) is 78.6 cm³/mol. The van der Waals surface area contributed by atoms with E-state index in [1.165, 1.54) is 6.08 Å². The highest BCUT2D eigenvalue weighted by atomic mass is 16.5. The van der Waals surface area contributed by atoms with Crippen molar-refractivity contribution in [1.29, 1.82) is 0 Å². The van der Waals surface area contributed by atoms with Gasteiger partial charge in [0, 0.05) is 12.0 Å². The Morgan fingerprint density at radius 2 is 1.86 bits per heavy atom. The van der Waals surface area contributed by atoms with Crippen molar-refractivity contribution in [3.8, 4) is 0 Å². The van der Waals surface area contributed by atoms with Crippen LogP contribution in [-0.4, -0.2) is 25.2 Å². The normalized spacial score (nSPS) is 23.8. The summed E-state index contributed by atoms with van der Waals surface area (Å²) in [4.78, 5) is 23.7. The molecular weight excluding hydrogens is 268 g/mol. The molecule has 0 amide bonds. The minimum atomic E-state index is -0.732. The zero-order valence-electron chi connectivity index (χ0n) is 12.4. The first-order valence-corrected chi connectivity index (χ1v) is 7.22. The van der Waals surface area contributed by atoms with Crippen LogP contribution >= 0.6 is 0 Å². The van der Waals surface area contributed by atoms with Crippen molar-refractivity contribution >= 4 is 11.9 Å². The molecule has 0 N–H and O–H groups in total. The van der Waals surface area contributed by atoms with E-state index in [9.17, 15) is 9.59 Å². The first kappa shape index (κ1) is 15.3. The van der Waals surface area contributed by atoms with Crippen LogP contribution in [0.1, 0.15) is 31.7 Å². The highest BCUT2D eigenvalue weighted by Crippen LogP contribution is 2.61. The summed E-state index contributed by atoms with van der Waals surface area (Å²) in [5.74, 6) is -0.650. The second kappa shape index (κ2) is 6.57. The molecule has 0 aliphatic heterocycles. The summed E-state index contributed by atoms with van der Waals surface area (Å²) in [5.41, 5.74) is 0.350. The van der Waals surface area contributed by atoms with Crippen LogP contribution in [0.2, 0.25) is 0 Å². The van der Waals surface area contributed by atoms with Gasteiger partial charge in [0.15, 0.2) is 0 Å². The first-order chi connectivity index (χ1) is 10.1. The van der Waals surface area contributed by atoms with Crippen LogP contribution in [0.3, 0.4) is 0 Å². The Hall–Kier alpha value is -2.10. The summed E-state index contributed by atoms with van der Waals surface area (Å²) in [5, 5.41) is 0. The zero-order chi connectivity index (χ0) is 15.3. The monoisotopic (exact) mass is 288 g/mol. The number of ether oxygens (including phenoxy) is 2. The molecule has 0 radical (unpaired) electrons. The molecule has 1 aliphatic carbocycles. The van der Waals surface area contributed by atoms with E-state index in [1.54, 1.807) is 19.9 Å². The third-order valence-electron chi connectivity index (χ3n) is 3.66. The molecule has 0 heterocycles. The van der Waals surface area contributed by atoms with E-state index in [1.807, 2.05) is 30.3 Å². The maximum absolute atomic E-state index is 12.3. The van der Waals surface area contributed by atoms with Crippen LogP contribution in [0.5, 0.6) is 0 Å².